The van der Waals surface area contributed by atoms with E-state index >= 15 is 0 Å². The van der Waals surface area contributed by atoms with E-state index < -0.39 is 17.7 Å². The molecule has 0 bridgehead atoms. The summed E-state index contributed by atoms with van der Waals surface area (Å²) in [5, 5.41) is 11.1. The number of aliphatic hydroxyl groups excluding tert-OH is 1. The van der Waals surface area contributed by atoms with Gasteiger partial charge in [0, 0.05) is 13.1 Å². The molecule has 7 heteroatoms. The first-order chi connectivity index (χ1) is 14.4. The number of Topliss-reactive ketones (excluding diaryl/α,β-unsaturated/α-hetero) is 1. The number of ether oxygens (including phenoxy) is 1. The van der Waals surface area contributed by atoms with Crippen molar-refractivity contribution < 1.29 is 23.8 Å². The topological polar surface area (TPSA) is 83.2 Å². The molecule has 1 fully saturated rings. The lowest BCUT2D eigenvalue weighted by Gasteiger charge is -2.26. The summed E-state index contributed by atoms with van der Waals surface area (Å²) < 4.78 is 11.1. The van der Waals surface area contributed by atoms with Gasteiger partial charge < -0.3 is 24.1 Å². The molecule has 1 aliphatic heterocycles. The van der Waals surface area contributed by atoms with Crippen LogP contribution in [0.15, 0.2) is 46.4 Å². The largest absolute Gasteiger partial charge is 0.507 e. The molecule has 2 aromatic rings. The minimum atomic E-state index is -0.792. The molecule has 1 atom stereocenters. The van der Waals surface area contributed by atoms with Gasteiger partial charge in [-0.3, -0.25) is 9.59 Å². The van der Waals surface area contributed by atoms with Gasteiger partial charge in [-0.25, -0.2) is 0 Å². The fourth-order valence-electron chi connectivity index (χ4n) is 3.78. The van der Waals surface area contributed by atoms with Gasteiger partial charge in [0.1, 0.15) is 29.1 Å². The number of likely N-dealkylation sites (tertiary alicyclic amines) is 1. The number of benzene rings is 1. The number of methoxy groups -OCH3 is 1. The van der Waals surface area contributed by atoms with E-state index in [-0.39, 0.29) is 11.3 Å². The van der Waals surface area contributed by atoms with E-state index in [9.17, 15) is 14.7 Å². The van der Waals surface area contributed by atoms with Gasteiger partial charge in [-0.05, 0) is 44.3 Å². The number of hydrogen-bond donors (Lipinski definition) is 1. The average Bonchev–Trinajstić information content (AvgIpc) is 3.29. The number of amides is 1. The van der Waals surface area contributed by atoms with Crippen LogP contribution >= 0.6 is 0 Å². The summed E-state index contributed by atoms with van der Waals surface area (Å²) in [4.78, 5) is 29.6. The minimum Gasteiger partial charge on any atom is -0.507 e. The Morgan fingerprint density at radius 3 is 2.47 bits per heavy atom. The fourth-order valence-corrected chi connectivity index (χ4v) is 3.78. The van der Waals surface area contributed by atoms with Crippen molar-refractivity contribution in [2.24, 2.45) is 0 Å². The first-order valence-corrected chi connectivity index (χ1v) is 10.1. The van der Waals surface area contributed by atoms with Crippen LogP contribution in [-0.2, 0) is 9.59 Å². The Hall–Kier alpha value is -3.06. The van der Waals surface area contributed by atoms with Crippen molar-refractivity contribution in [2.75, 3.05) is 33.3 Å². The Labute approximate surface area is 176 Å². The van der Waals surface area contributed by atoms with Gasteiger partial charge in [-0.15, -0.1) is 0 Å². The lowest BCUT2D eigenvalue weighted by atomic mass is 9.99. The van der Waals surface area contributed by atoms with Crippen LogP contribution in [0.5, 0.6) is 5.75 Å². The van der Waals surface area contributed by atoms with Gasteiger partial charge in [0.15, 0.2) is 0 Å². The zero-order valence-electron chi connectivity index (χ0n) is 17.8. The number of aliphatic hydroxyl groups is 1. The summed E-state index contributed by atoms with van der Waals surface area (Å²) in [5.74, 6) is -0.108. The third kappa shape index (κ3) is 3.98. The Balaban J connectivity index is 2.10. The monoisotopic (exact) mass is 412 g/mol. The fraction of sp³-hybridized carbons (Fsp3) is 0.391. The van der Waals surface area contributed by atoms with Crippen LogP contribution < -0.4 is 4.74 Å². The summed E-state index contributed by atoms with van der Waals surface area (Å²) in [5.41, 5.74) is 0.369. The molecule has 1 aromatic carbocycles. The third-order valence-corrected chi connectivity index (χ3v) is 5.48. The summed E-state index contributed by atoms with van der Waals surface area (Å²) in [6, 6.07) is 9.58. The van der Waals surface area contributed by atoms with E-state index in [1.807, 2.05) is 13.8 Å². The molecule has 7 nitrogen and oxygen atoms in total. The van der Waals surface area contributed by atoms with Gasteiger partial charge in [0.05, 0.1) is 18.2 Å². The van der Waals surface area contributed by atoms with E-state index in [4.69, 9.17) is 9.15 Å². The highest BCUT2D eigenvalue weighted by Crippen LogP contribution is 2.41. The molecule has 1 unspecified atom stereocenters. The van der Waals surface area contributed by atoms with Crippen molar-refractivity contribution in [3.63, 3.8) is 0 Å². The van der Waals surface area contributed by atoms with Crippen LogP contribution in [0.2, 0.25) is 0 Å². The van der Waals surface area contributed by atoms with Crippen molar-refractivity contribution >= 4 is 17.4 Å². The normalized spacial score (nSPS) is 18.4. The lowest BCUT2D eigenvalue weighted by molar-refractivity contribution is -0.140. The average molecular weight is 412 g/mol. The minimum absolute atomic E-state index is 0.0124. The predicted octanol–water partition coefficient (Wildman–Crippen LogP) is 3.36. The maximum Gasteiger partial charge on any atom is 0.295 e. The van der Waals surface area contributed by atoms with Crippen LogP contribution in [0, 0.1) is 6.92 Å². The van der Waals surface area contributed by atoms with Gasteiger partial charge in [0.2, 0.25) is 0 Å². The van der Waals surface area contributed by atoms with Gasteiger partial charge in [0.25, 0.3) is 11.7 Å². The number of carbonyl (C=O) groups is 2. The van der Waals surface area contributed by atoms with Crippen LogP contribution in [-0.4, -0.2) is 59.9 Å². The number of rotatable bonds is 8. The second-order valence-electron chi connectivity index (χ2n) is 7.17. The zero-order valence-corrected chi connectivity index (χ0v) is 17.8. The van der Waals surface area contributed by atoms with E-state index in [1.54, 1.807) is 43.3 Å². The summed E-state index contributed by atoms with van der Waals surface area (Å²) in [6.45, 7) is 8.54. The molecule has 160 valence electrons. The Morgan fingerprint density at radius 2 is 1.87 bits per heavy atom. The van der Waals surface area contributed by atoms with E-state index in [1.165, 1.54) is 12.0 Å². The van der Waals surface area contributed by atoms with E-state index in [2.05, 4.69) is 4.90 Å². The highest BCUT2D eigenvalue weighted by Gasteiger charge is 2.47. The number of carbonyl (C=O) groups excluding carboxylic acids is 2. The summed E-state index contributed by atoms with van der Waals surface area (Å²) >= 11 is 0. The highest BCUT2D eigenvalue weighted by atomic mass is 16.5. The van der Waals surface area contributed by atoms with Gasteiger partial charge in [-0.2, -0.15) is 0 Å². The highest BCUT2D eigenvalue weighted by molar-refractivity contribution is 6.46. The molecule has 3 rings (SSSR count). The van der Waals surface area contributed by atoms with Crippen LogP contribution in [0.1, 0.15) is 37.0 Å². The molecule has 1 aliphatic rings. The third-order valence-electron chi connectivity index (χ3n) is 5.48. The van der Waals surface area contributed by atoms with Gasteiger partial charge in [-0.1, -0.05) is 26.0 Å². The SMILES string of the molecule is CCN(CC)CCN1C(=O)C(=O)/C(=C(/O)c2ccccc2OC)C1c1ccc(C)o1. The smallest absolute Gasteiger partial charge is 0.295 e. The number of para-hydroxylation sites is 1. The molecule has 2 heterocycles. The first-order valence-electron chi connectivity index (χ1n) is 10.1. The number of nitrogens with zero attached hydrogens (tertiary/aromatic N) is 2. The van der Waals surface area contributed by atoms with Crippen molar-refractivity contribution in [2.45, 2.75) is 26.8 Å². The second-order valence-corrected chi connectivity index (χ2v) is 7.17. The molecule has 0 saturated carbocycles. The second kappa shape index (κ2) is 9.17. The van der Waals surface area contributed by atoms with Crippen molar-refractivity contribution in [1.82, 2.24) is 9.80 Å². The zero-order chi connectivity index (χ0) is 21.8. The molecular formula is C23H28N2O5. The Kier molecular flexibility index (Phi) is 6.62. The standard InChI is InChI=1S/C23H28N2O5/c1-5-24(6-2)13-14-25-20(18-12-11-15(3)30-18)19(22(27)23(25)28)21(26)16-9-7-8-10-17(16)29-4/h7-12,20,26H,5-6,13-14H2,1-4H3/b21-19+. The molecule has 1 amide bonds. The molecule has 0 spiro atoms. The van der Waals surface area contributed by atoms with Gasteiger partial charge >= 0.3 is 0 Å². The number of likely N-dealkylation sites (N-methyl/N-ethyl adjacent to an activating group) is 1. The number of ketones is 1. The number of aryl methyl sites for hydroxylation is 1. The maximum atomic E-state index is 13.0. The summed E-state index contributed by atoms with van der Waals surface area (Å²) in [7, 11) is 1.49. The maximum absolute atomic E-state index is 13.0. The molecule has 30 heavy (non-hydrogen) atoms. The first kappa shape index (κ1) is 21.6. The molecule has 0 radical (unpaired) electrons. The number of furan rings is 1. The van der Waals surface area contributed by atoms with Crippen molar-refractivity contribution in [1.29, 1.82) is 0 Å². The molecular weight excluding hydrogens is 384 g/mol. The molecule has 1 N–H and O–H groups in total. The van der Waals surface area contributed by atoms with Crippen LogP contribution in [0.25, 0.3) is 5.76 Å². The Bertz CT molecular complexity index is 958. The quantitative estimate of drug-likeness (QED) is 0.407. The number of hydrogen-bond acceptors (Lipinski definition) is 6. The lowest BCUT2D eigenvalue weighted by Crippen LogP contribution is -2.37. The summed E-state index contributed by atoms with van der Waals surface area (Å²) in [6.07, 6.45) is 0. The predicted molar refractivity (Wildman–Crippen MR) is 113 cm³/mol. The molecule has 0 aliphatic carbocycles. The van der Waals surface area contributed by atoms with Crippen molar-refractivity contribution in [3.8, 4) is 5.75 Å². The Morgan fingerprint density at radius 1 is 1.17 bits per heavy atom. The van der Waals surface area contributed by atoms with Crippen LogP contribution in [0.3, 0.4) is 0 Å². The van der Waals surface area contributed by atoms with E-state index in [0.29, 0.717) is 35.9 Å². The molecule has 1 aromatic heterocycles. The van der Waals surface area contributed by atoms with E-state index in [0.717, 1.165) is 13.1 Å². The van der Waals surface area contributed by atoms with Crippen molar-refractivity contribution in [3.05, 3.63) is 59.1 Å². The molecule has 1 saturated heterocycles. The van der Waals surface area contributed by atoms with Crippen LogP contribution in [0.4, 0.5) is 0 Å².